The van der Waals surface area contributed by atoms with Gasteiger partial charge in [-0.05, 0) is 17.9 Å². The van der Waals surface area contributed by atoms with E-state index in [0.717, 1.165) is 0 Å². The Morgan fingerprint density at radius 1 is 1.20 bits per heavy atom. The Balaban J connectivity index is 3.73. The van der Waals surface area contributed by atoms with Gasteiger partial charge in [0.15, 0.2) is 7.38 Å². The SMILES string of the molecule is CC(C)[CH]C(C)[Si](C)(C)Cl. The molecular weight excluding hydrogens is 160 g/mol. The molecule has 0 nitrogen and oxygen atoms in total. The van der Waals surface area contributed by atoms with E-state index in [1.165, 1.54) is 0 Å². The summed E-state index contributed by atoms with van der Waals surface area (Å²) >= 11 is 6.24. The maximum atomic E-state index is 6.24. The molecule has 0 rings (SSSR count). The molecular formula is C8H18ClSi. The van der Waals surface area contributed by atoms with Crippen LogP contribution in [-0.4, -0.2) is 7.38 Å². The van der Waals surface area contributed by atoms with Crippen molar-refractivity contribution in [3.8, 4) is 0 Å². The summed E-state index contributed by atoms with van der Waals surface area (Å²) in [5, 5.41) is 0. The van der Waals surface area contributed by atoms with Crippen molar-refractivity contribution >= 4 is 18.5 Å². The molecule has 1 radical (unpaired) electrons. The summed E-state index contributed by atoms with van der Waals surface area (Å²) in [6.45, 7) is 11.0. The smallest absolute Gasteiger partial charge is 0.153 e. The van der Waals surface area contributed by atoms with Gasteiger partial charge in [0.1, 0.15) is 0 Å². The van der Waals surface area contributed by atoms with Crippen molar-refractivity contribution < 1.29 is 0 Å². The summed E-state index contributed by atoms with van der Waals surface area (Å²) in [7, 11) is -1.41. The van der Waals surface area contributed by atoms with E-state index in [1.54, 1.807) is 0 Å². The molecule has 0 aliphatic rings. The molecule has 0 heterocycles. The van der Waals surface area contributed by atoms with Gasteiger partial charge < -0.3 is 0 Å². The highest BCUT2D eigenvalue weighted by atomic mass is 35.6. The van der Waals surface area contributed by atoms with Crippen molar-refractivity contribution in [2.75, 3.05) is 0 Å². The fraction of sp³-hybridized carbons (Fsp3) is 0.875. The zero-order chi connectivity index (χ0) is 8.36. The van der Waals surface area contributed by atoms with Crippen molar-refractivity contribution in [1.82, 2.24) is 0 Å². The van der Waals surface area contributed by atoms with E-state index in [2.05, 4.69) is 40.3 Å². The van der Waals surface area contributed by atoms with E-state index in [4.69, 9.17) is 11.1 Å². The van der Waals surface area contributed by atoms with Gasteiger partial charge in [-0.1, -0.05) is 33.9 Å². The van der Waals surface area contributed by atoms with Gasteiger partial charge in [0.05, 0.1) is 0 Å². The molecule has 0 aromatic carbocycles. The fourth-order valence-corrected chi connectivity index (χ4v) is 1.87. The second-order valence-electron chi connectivity index (χ2n) is 3.79. The van der Waals surface area contributed by atoms with Gasteiger partial charge in [-0.2, -0.15) is 11.1 Å². The van der Waals surface area contributed by atoms with Crippen molar-refractivity contribution in [3.05, 3.63) is 6.42 Å². The molecule has 0 aliphatic heterocycles. The van der Waals surface area contributed by atoms with E-state index in [9.17, 15) is 0 Å². The third kappa shape index (κ3) is 4.34. The van der Waals surface area contributed by atoms with Crippen molar-refractivity contribution in [1.29, 1.82) is 0 Å². The van der Waals surface area contributed by atoms with Crippen LogP contribution in [0.3, 0.4) is 0 Å². The van der Waals surface area contributed by atoms with Gasteiger partial charge >= 0.3 is 0 Å². The Hall–Kier alpha value is 0.507. The van der Waals surface area contributed by atoms with Crippen LogP contribution in [0.5, 0.6) is 0 Å². The van der Waals surface area contributed by atoms with Gasteiger partial charge in [-0.25, -0.2) is 0 Å². The minimum Gasteiger partial charge on any atom is -0.167 e. The third-order valence-corrected chi connectivity index (χ3v) is 5.15. The van der Waals surface area contributed by atoms with Crippen LogP contribution in [0.1, 0.15) is 20.8 Å². The predicted molar refractivity (Wildman–Crippen MR) is 51.9 cm³/mol. The first kappa shape index (κ1) is 10.5. The van der Waals surface area contributed by atoms with Crippen LogP contribution in [-0.2, 0) is 0 Å². The molecule has 1 atom stereocenters. The van der Waals surface area contributed by atoms with E-state index >= 15 is 0 Å². The lowest BCUT2D eigenvalue weighted by atomic mass is 10.1. The summed E-state index contributed by atoms with van der Waals surface area (Å²) in [6.07, 6.45) is 2.35. The minimum atomic E-state index is -1.41. The van der Waals surface area contributed by atoms with Crippen molar-refractivity contribution in [3.63, 3.8) is 0 Å². The Bertz CT molecular complexity index is 93.9. The highest BCUT2D eigenvalue weighted by Crippen LogP contribution is 2.29. The molecule has 0 aromatic heterocycles. The lowest BCUT2D eigenvalue weighted by Gasteiger charge is -2.23. The molecule has 0 fully saturated rings. The molecule has 0 saturated heterocycles. The van der Waals surface area contributed by atoms with E-state index in [0.29, 0.717) is 11.5 Å². The summed E-state index contributed by atoms with van der Waals surface area (Å²) in [5.74, 6) is 0.667. The van der Waals surface area contributed by atoms with Gasteiger partial charge in [0.2, 0.25) is 0 Å². The molecule has 0 saturated carbocycles. The molecule has 0 amide bonds. The lowest BCUT2D eigenvalue weighted by molar-refractivity contribution is 0.715. The number of hydrogen-bond donors (Lipinski definition) is 0. The zero-order valence-corrected chi connectivity index (χ0v) is 9.37. The topological polar surface area (TPSA) is 0 Å². The first-order valence-electron chi connectivity index (χ1n) is 3.88. The second kappa shape index (κ2) is 3.77. The van der Waals surface area contributed by atoms with Gasteiger partial charge in [-0.3, -0.25) is 0 Å². The van der Waals surface area contributed by atoms with E-state index < -0.39 is 7.38 Å². The summed E-state index contributed by atoms with van der Waals surface area (Å²) in [6, 6.07) is 0. The highest BCUT2D eigenvalue weighted by Gasteiger charge is 2.26. The van der Waals surface area contributed by atoms with Crippen LogP contribution >= 0.6 is 11.1 Å². The van der Waals surface area contributed by atoms with Crippen LogP contribution < -0.4 is 0 Å². The molecule has 0 aliphatic carbocycles. The van der Waals surface area contributed by atoms with Gasteiger partial charge in [0, 0.05) is 0 Å². The normalized spacial score (nSPS) is 15.9. The van der Waals surface area contributed by atoms with Crippen LogP contribution in [0.25, 0.3) is 0 Å². The second-order valence-corrected chi connectivity index (χ2v) is 10.8. The summed E-state index contributed by atoms with van der Waals surface area (Å²) in [4.78, 5) is 0. The first-order valence-corrected chi connectivity index (χ1v) is 7.97. The maximum Gasteiger partial charge on any atom is 0.153 e. The zero-order valence-electron chi connectivity index (χ0n) is 7.61. The Labute approximate surface area is 70.7 Å². The monoisotopic (exact) mass is 177 g/mol. The number of halogens is 1. The first-order chi connectivity index (χ1) is 4.34. The average Bonchev–Trinajstić information content (AvgIpc) is 1.60. The Kier molecular flexibility index (Phi) is 3.96. The third-order valence-electron chi connectivity index (χ3n) is 1.76. The molecule has 0 aromatic rings. The fourth-order valence-electron chi connectivity index (χ4n) is 0.806. The number of hydrogen-bond acceptors (Lipinski definition) is 0. The predicted octanol–water partition coefficient (Wildman–Crippen LogP) is 3.68. The summed E-state index contributed by atoms with van der Waals surface area (Å²) in [5.41, 5.74) is 0.620. The van der Waals surface area contributed by atoms with Crippen LogP contribution in [0, 0.1) is 12.3 Å². The van der Waals surface area contributed by atoms with Crippen LogP contribution in [0.2, 0.25) is 18.6 Å². The van der Waals surface area contributed by atoms with Crippen LogP contribution in [0.4, 0.5) is 0 Å². The Morgan fingerprint density at radius 3 is 1.70 bits per heavy atom. The largest absolute Gasteiger partial charge is 0.167 e. The molecule has 1 unspecified atom stereocenters. The molecule has 0 bridgehead atoms. The van der Waals surface area contributed by atoms with E-state index in [1.807, 2.05) is 0 Å². The highest BCUT2D eigenvalue weighted by molar-refractivity contribution is 7.19. The Morgan fingerprint density at radius 2 is 1.60 bits per heavy atom. The average molecular weight is 178 g/mol. The number of rotatable bonds is 3. The molecule has 10 heavy (non-hydrogen) atoms. The molecule has 2 heteroatoms. The van der Waals surface area contributed by atoms with E-state index in [-0.39, 0.29) is 0 Å². The standard InChI is InChI=1S/C8H18ClSi/c1-7(2)6-8(3)10(4,5)9/h6-8H,1-5H3. The van der Waals surface area contributed by atoms with Crippen molar-refractivity contribution in [2.24, 2.45) is 5.92 Å². The molecule has 0 N–H and O–H groups in total. The summed E-state index contributed by atoms with van der Waals surface area (Å²) < 4.78 is 0. The molecule has 0 spiro atoms. The quantitative estimate of drug-likeness (QED) is 0.456. The molecule has 61 valence electrons. The minimum absolute atomic E-state index is 0.620. The van der Waals surface area contributed by atoms with Gasteiger partial charge in [0.25, 0.3) is 0 Å². The lowest BCUT2D eigenvalue weighted by Crippen LogP contribution is -2.24. The van der Waals surface area contributed by atoms with Crippen molar-refractivity contribution in [2.45, 2.75) is 39.4 Å². The van der Waals surface area contributed by atoms with Crippen LogP contribution in [0.15, 0.2) is 0 Å². The maximum absolute atomic E-state index is 6.24. The van der Waals surface area contributed by atoms with Gasteiger partial charge in [-0.15, -0.1) is 0 Å².